The van der Waals surface area contributed by atoms with Gasteiger partial charge in [-0.1, -0.05) is 0 Å². The number of amides is 1. The topological polar surface area (TPSA) is 91.2 Å². The van der Waals surface area contributed by atoms with E-state index in [1.165, 1.54) is 0 Å². The van der Waals surface area contributed by atoms with Crippen LogP contribution in [0.15, 0.2) is 24.4 Å². The number of aromatic nitrogens is 4. The summed E-state index contributed by atoms with van der Waals surface area (Å²) in [6.45, 7) is 2.81. The molecule has 8 heteroatoms. The number of fused-ring (bicyclic) bond motifs is 1. The van der Waals surface area contributed by atoms with Crippen LogP contribution < -0.4 is 10.1 Å². The van der Waals surface area contributed by atoms with Crippen LogP contribution in [-0.4, -0.2) is 46.0 Å². The summed E-state index contributed by atoms with van der Waals surface area (Å²) in [6.07, 6.45) is 3.81. The summed E-state index contributed by atoms with van der Waals surface area (Å²) < 4.78 is 12.1. The van der Waals surface area contributed by atoms with Gasteiger partial charge < -0.3 is 14.8 Å². The zero-order valence-corrected chi connectivity index (χ0v) is 16.2. The number of hydrogen-bond acceptors (Lipinski definition) is 6. The minimum absolute atomic E-state index is 0.194. The van der Waals surface area contributed by atoms with Crippen molar-refractivity contribution in [2.24, 2.45) is 7.05 Å². The van der Waals surface area contributed by atoms with Crippen molar-refractivity contribution in [2.75, 3.05) is 25.6 Å². The molecular formula is C20H23N5O3. The molecule has 1 aliphatic carbocycles. The summed E-state index contributed by atoms with van der Waals surface area (Å²) in [5, 5.41) is 8.15. The Morgan fingerprint density at radius 2 is 2.14 bits per heavy atom. The average molecular weight is 381 g/mol. The smallest absolute Gasteiger partial charge is 0.256 e. The minimum Gasteiger partial charge on any atom is -0.475 e. The third-order valence-electron chi connectivity index (χ3n) is 4.76. The van der Waals surface area contributed by atoms with Crippen LogP contribution in [0.5, 0.6) is 5.88 Å². The molecule has 28 heavy (non-hydrogen) atoms. The van der Waals surface area contributed by atoms with Crippen molar-refractivity contribution in [3.63, 3.8) is 0 Å². The van der Waals surface area contributed by atoms with Gasteiger partial charge in [-0.25, -0.2) is 9.97 Å². The van der Waals surface area contributed by atoms with Crippen molar-refractivity contribution < 1.29 is 14.3 Å². The van der Waals surface area contributed by atoms with Crippen molar-refractivity contribution in [1.82, 2.24) is 19.7 Å². The molecule has 4 rings (SSSR count). The molecule has 1 N–H and O–H groups in total. The highest BCUT2D eigenvalue weighted by Gasteiger charge is 2.28. The monoisotopic (exact) mass is 381 g/mol. The van der Waals surface area contributed by atoms with E-state index in [0.29, 0.717) is 36.3 Å². The standard InChI is InChI=1S/C20H23N5O3/c1-12-18-15(10-16(13-4-5-13)23-19(18)25(2)24-12)20(26)22-14-6-7-17(21-11-14)28-9-8-27-3/h6-7,10-11,13H,4-5,8-9H2,1-3H3,(H,22,26). The molecule has 3 aromatic rings. The second-order valence-corrected chi connectivity index (χ2v) is 6.96. The van der Waals surface area contributed by atoms with Gasteiger partial charge in [0.25, 0.3) is 5.91 Å². The number of nitrogens with one attached hydrogen (secondary N) is 1. The van der Waals surface area contributed by atoms with E-state index in [9.17, 15) is 4.79 Å². The maximum absolute atomic E-state index is 13.0. The average Bonchev–Trinajstić information content (AvgIpc) is 3.49. The van der Waals surface area contributed by atoms with Crippen LogP contribution in [0.25, 0.3) is 11.0 Å². The zero-order valence-electron chi connectivity index (χ0n) is 16.2. The maximum atomic E-state index is 13.0. The molecule has 0 saturated heterocycles. The van der Waals surface area contributed by atoms with Gasteiger partial charge in [0, 0.05) is 31.8 Å². The van der Waals surface area contributed by atoms with Crippen LogP contribution in [-0.2, 0) is 11.8 Å². The Morgan fingerprint density at radius 3 is 2.82 bits per heavy atom. The number of rotatable bonds is 7. The molecular weight excluding hydrogens is 358 g/mol. The van der Waals surface area contributed by atoms with E-state index in [1.54, 1.807) is 30.1 Å². The first-order valence-corrected chi connectivity index (χ1v) is 9.30. The lowest BCUT2D eigenvalue weighted by Crippen LogP contribution is -2.14. The summed E-state index contributed by atoms with van der Waals surface area (Å²) >= 11 is 0. The van der Waals surface area contributed by atoms with Gasteiger partial charge in [0.15, 0.2) is 5.65 Å². The van der Waals surface area contributed by atoms with Crippen molar-refractivity contribution in [2.45, 2.75) is 25.7 Å². The lowest BCUT2D eigenvalue weighted by atomic mass is 10.1. The summed E-state index contributed by atoms with van der Waals surface area (Å²) in [5.74, 6) is 0.733. The molecule has 0 unspecified atom stereocenters. The Bertz CT molecular complexity index is 1010. The van der Waals surface area contributed by atoms with Crippen molar-refractivity contribution >= 4 is 22.6 Å². The van der Waals surface area contributed by atoms with Gasteiger partial charge >= 0.3 is 0 Å². The SMILES string of the molecule is COCCOc1ccc(NC(=O)c2cc(C3CC3)nc3c2c(C)nn3C)cn1. The van der Waals surface area contributed by atoms with Crippen LogP contribution in [0.1, 0.15) is 40.5 Å². The molecule has 0 bridgehead atoms. The normalized spacial score (nSPS) is 13.7. The lowest BCUT2D eigenvalue weighted by molar-refractivity contribution is 0.102. The third-order valence-corrected chi connectivity index (χ3v) is 4.76. The predicted molar refractivity (Wildman–Crippen MR) is 105 cm³/mol. The molecule has 3 aromatic heterocycles. The Balaban J connectivity index is 1.58. The zero-order chi connectivity index (χ0) is 19.7. The fraction of sp³-hybridized carbons (Fsp3) is 0.400. The molecule has 1 saturated carbocycles. The molecule has 0 spiro atoms. The number of pyridine rings is 2. The number of hydrogen-bond donors (Lipinski definition) is 1. The van der Waals surface area contributed by atoms with E-state index in [0.717, 1.165) is 35.3 Å². The number of nitrogens with zero attached hydrogens (tertiary/aromatic N) is 4. The summed E-state index contributed by atoms with van der Waals surface area (Å²) in [4.78, 5) is 22.0. The van der Waals surface area contributed by atoms with E-state index in [4.69, 9.17) is 14.5 Å². The van der Waals surface area contributed by atoms with Crippen molar-refractivity contribution in [3.8, 4) is 5.88 Å². The number of anilines is 1. The summed E-state index contributed by atoms with van der Waals surface area (Å²) in [5.41, 5.74) is 3.69. The number of carbonyl (C=O) groups is 1. The van der Waals surface area contributed by atoms with Crippen LogP contribution in [0.3, 0.4) is 0 Å². The number of ether oxygens (including phenoxy) is 2. The lowest BCUT2D eigenvalue weighted by Gasteiger charge is -2.09. The molecule has 0 aromatic carbocycles. The van der Waals surface area contributed by atoms with Gasteiger partial charge in [-0.05, 0) is 31.9 Å². The molecule has 0 radical (unpaired) electrons. The fourth-order valence-corrected chi connectivity index (χ4v) is 3.20. The van der Waals surface area contributed by atoms with Gasteiger partial charge in [-0.3, -0.25) is 9.48 Å². The minimum atomic E-state index is -0.194. The van der Waals surface area contributed by atoms with Gasteiger partial charge in [0.05, 0.1) is 35.1 Å². The van der Waals surface area contributed by atoms with Gasteiger partial charge in [-0.2, -0.15) is 5.10 Å². The quantitative estimate of drug-likeness (QED) is 0.633. The highest BCUT2D eigenvalue weighted by Crippen LogP contribution is 2.40. The first-order chi connectivity index (χ1) is 13.6. The number of methoxy groups -OCH3 is 1. The van der Waals surface area contributed by atoms with E-state index >= 15 is 0 Å². The molecule has 1 aliphatic rings. The van der Waals surface area contributed by atoms with Crippen molar-refractivity contribution in [1.29, 1.82) is 0 Å². The van der Waals surface area contributed by atoms with Gasteiger partial charge in [-0.15, -0.1) is 0 Å². The van der Waals surface area contributed by atoms with E-state index < -0.39 is 0 Å². The van der Waals surface area contributed by atoms with Crippen LogP contribution in [0.2, 0.25) is 0 Å². The molecule has 8 nitrogen and oxygen atoms in total. The first kappa shape index (κ1) is 18.4. The number of carbonyl (C=O) groups excluding carboxylic acids is 1. The largest absolute Gasteiger partial charge is 0.475 e. The van der Waals surface area contributed by atoms with Crippen molar-refractivity contribution in [3.05, 3.63) is 41.3 Å². The Morgan fingerprint density at radius 1 is 1.32 bits per heavy atom. The first-order valence-electron chi connectivity index (χ1n) is 9.30. The molecule has 0 atom stereocenters. The molecule has 0 aliphatic heterocycles. The second kappa shape index (κ2) is 7.55. The van der Waals surface area contributed by atoms with E-state index in [1.807, 2.05) is 20.0 Å². The highest BCUT2D eigenvalue weighted by molar-refractivity contribution is 6.12. The maximum Gasteiger partial charge on any atom is 0.256 e. The van der Waals surface area contributed by atoms with E-state index in [2.05, 4.69) is 15.4 Å². The van der Waals surface area contributed by atoms with Gasteiger partial charge in [0.2, 0.25) is 5.88 Å². The Kier molecular flexibility index (Phi) is 4.95. The molecule has 146 valence electrons. The second-order valence-electron chi connectivity index (χ2n) is 6.96. The molecule has 1 amide bonds. The Hall–Kier alpha value is -3.00. The predicted octanol–water partition coefficient (Wildman–Crippen LogP) is 2.83. The molecule has 3 heterocycles. The van der Waals surface area contributed by atoms with Crippen LogP contribution in [0.4, 0.5) is 5.69 Å². The third kappa shape index (κ3) is 3.68. The fourth-order valence-electron chi connectivity index (χ4n) is 3.20. The number of aryl methyl sites for hydroxylation is 2. The van der Waals surface area contributed by atoms with Crippen LogP contribution in [0, 0.1) is 6.92 Å². The van der Waals surface area contributed by atoms with Crippen LogP contribution >= 0.6 is 0 Å². The molecule has 1 fully saturated rings. The Labute approximate surface area is 162 Å². The van der Waals surface area contributed by atoms with Gasteiger partial charge in [0.1, 0.15) is 6.61 Å². The summed E-state index contributed by atoms with van der Waals surface area (Å²) in [6, 6.07) is 5.39. The highest BCUT2D eigenvalue weighted by atomic mass is 16.5. The summed E-state index contributed by atoms with van der Waals surface area (Å²) in [7, 11) is 3.47. The van der Waals surface area contributed by atoms with E-state index in [-0.39, 0.29) is 5.91 Å².